The molecule has 1 N–H and O–H groups in total. The number of rotatable bonds is 0. The van der Waals surface area contributed by atoms with Crippen LogP contribution in [0.15, 0.2) is 29.3 Å². The summed E-state index contributed by atoms with van der Waals surface area (Å²) in [4.78, 5) is 16.8. The fourth-order valence-electron chi connectivity index (χ4n) is 2.49. The molecule has 16 heavy (non-hydrogen) atoms. The minimum atomic E-state index is -0.850. The van der Waals surface area contributed by atoms with Crippen LogP contribution in [0.3, 0.4) is 0 Å². The first-order chi connectivity index (χ1) is 7.75. The molecule has 0 saturated carbocycles. The molecule has 0 bridgehead atoms. The molecule has 1 fully saturated rings. The van der Waals surface area contributed by atoms with Crippen LogP contribution < -0.4 is 0 Å². The van der Waals surface area contributed by atoms with Crippen molar-refractivity contribution in [2.24, 2.45) is 4.99 Å². The molecule has 1 atom stereocenters. The van der Waals surface area contributed by atoms with Gasteiger partial charge in [-0.3, -0.25) is 4.99 Å². The zero-order valence-electron chi connectivity index (χ0n) is 8.76. The van der Waals surface area contributed by atoms with E-state index in [1.807, 2.05) is 18.2 Å². The van der Waals surface area contributed by atoms with Crippen molar-refractivity contribution < 1.29 is 9.90 Å². The molecular formula is C12H12N2O2. The van der Waals surface area contributed by atoms with Crippen LogP contribution >= 0.6 is 0 Å². The van der Waals surface area contributed by atoms with Crippen molar-refractivity contribution in [2.45, 2.75) is 12.3 Å². The summed E-state index contributed by atoms with van der Waals surface area (Å²) < 4.78 is 0. The van der Waals surface area contributed by atoms with Gasteiger partial charge in [0.2, 0.25) is 0 Å². The molecule has 1 aromatic rings. The van der Waals surface area contributed by atoms with Crippen molar-refractivity contribution in [3.63, 3.8) is 0 Å². The highest BCUT2D eigenvalue weighted by Gasteiger charge is 2.33. The van der Waals surface area contributed by atoms with Crippen LogP contribution in [0.25, 0.3) is 0 Å². The second-order valence-corrected chi connectivity index (χ2v) is 4.21. The number of carboxylic acid groups (broad SMARTS) is 1. The zero-order valence-corrected chi connectivity index (χ0v) is 8.76. The van der Waals surface area contributed by atoms with Crippen molar-refractivity contribution in [3.8, 4) is 0 Å². The number of amides is 1. The molecule has 1 amide bonds. The quantitative estimate of drug-likeness (QED) is 0.723. The maximum atomic E-state index is 10.9. The largest absolute Gasteiger partial charge is 0.465 e. The first kappa shape index (κ1) is 9.39. The van der Waals surface area contributed by atoms with E-state index in [0.29, 0.717) is 19.0 Å². The molecule has 0 spiro atoms. The number of nitrogens with zero attached hydrogens (tertiary/aromatic N) is 2. The van der Waals surface area contributed by atoms with Gasteiger partial charge in [-0.25, -0.2) is 4.79 Å². The summed E-state index contributed by atoms with van der Waals surface area (Å²) in [5.74, 6) is 0.340. The van der Waals surface area contributed by atoms with Crippen molar-refractivity contribution in [1.82, 2.24) is 4.90 Å². The van der Waals surface area contributed by atoms with Gasteiger partial charge in [0.25, 0.3) is 0 Å². The summed E-state index contributed by atoms with van der Waals surface area (Å²) in [5.41, 5.74) is 3.26. The summed E-state index contributed by atoms with van der Waals surface area (Å²) in [6.07, 6.45) is -0.000550. The lowest BCUT2D eigenvalue weighted by atomic mass is 9.89. The summed E-state index contributed by atoms with van der Waals surface area (Å²) in [7, 11) is 0. The van der Waals surface area contributed by atoms with Crippen molar-refractivity contribution >= 4 is 17.5 Å². The lowest BCUT2D eigenvalue weighted by molar-refractivity contribution is 0.148. The Balaban J connectivity index is 1.92. The number of fused-ring (bicyclic) bond motifs is 3. The van der Waals surface area contributed by atoms with Gasteiger partial charge in [0.05, 0.1) is 12.2 Å². The predicted octanol–water partition coefficient (Wildman–Crippen LogP) is 2.24. The highest BCUT2D eigenvalue weighted by molar-refractivity contribution is 6.01. The number of aliphatic imine (C=N–C) groups is 1. The number of hydrogen-bond donors (Lipinski definition) is 1. The topological polar surface area (TPSA) is 52.9 Å². The molecule has 2 aliphatic heterocycles. The van der Waals surface area contributed by atoms with Crippen molar-refractivity contribution in [2.75, 3.05) is 13.1 Å². The Morgan fingerprint density at radius 1 is 1.44 bits per heavy atom. The Labute approximate surface area is 93.2 Å². The Bertz CT molecular complexity index is 482. The Kier molecular flexibility index (Phi) is 1.96. The first-order valence-corrected chi connectivity index (χ1v) is 5.40. The summed E-state index contributed by atoms with van der Waals surface area (Å²) in [6, 6.07) is 8.06. The maximum absolute atomic E-state index is 10.9. The van der Waals surface area contributed by atoms with Crippen LogP contribution in [-0.2, 0) is 0 Å². The SMILES string of the molecule is O=C(O)N1CCC2C(=Nc3ccccc32)C1. The molecule has 0 radical (unpaired) electrons. The molecule has 4 heteroatoms. The molecule has 0 aliphatic carbocycles. The lowest BCUT2D eigenvalue weighted by Crippen LogP contribution is -2.41. The molecule has 0 aromatic heterocycles. The second-order valence-electron chi connectivity index (χ2n) is 4.21. The molecule has 82 valence electrons. The average Bonchev–Trinajstić information content (AvgIpc) is 2.66. The molecule has 1 aromatic carbocycles. The smallest absolute Gasteiger partial charge is 0.407 e. The third kappa shape index (κ3) is 1.30. The van der Waals surface area contributed by atoms with Gasteiger partial charge in [0.15, 0.2) is 0 Å². The first-order valence-electron chi connectivity index (χ1n) is 5.40. The van der Waals surface area contributed by atoms with Crippen molar-refractivity contribution in [1.29, 1.82) is 0 Å². The Morgan fingerprint density at radius 2 is 2.25 bits per heavy atom. The highest BCUT2D eigenvalue weighted by Crippen LogP contribution is 2.39. The van der Waals surface area contributed by atoms with E-state index >= 15 is 0 Å². The minimum Gasteiger partial charge on any atom is -0.465 e. The van der Waals surface area contributed by atoms with Crippen LogP contribution in [0, 0.1) is 0 Å². The number of benzene rings is 1. The monoisotopic (exact) mass is 216 g/mol. The van der Waals surface area contributed by atoms with E-state index in [-0.39, 0.29) is 0 Å². The minimum absolute atomic E-state index is 0.340. The molecule has 1 saturated heterocycles. The molecule has 1 unspecified atom stereocenters. The van der Waals surface area contributed by atoms with E-state index in [0.717, 1.165) is 17.8 Å². The zero-order chi connectivity index (χ0) is 11.1. The summed E-state index contributed by atoms with van der Waals surface area (Å²) in [5, 5.41) is 8.95. The van der Waals surface area contributed by atoms with Crippen LogP contribution in [0.2, 0.25) is 0 Å². The average molecular weight is 216 g/mol. The predicted molar refractivity (Wildman–Crippen MR) is 60.5 cm³/mol. The second kappa shape index (κ2) is 3.33. The Hall–Kier alpha value is -1.84. The number of piperidine rings is 1. The van der Waals surface area contributed by atoms with Crippen LogP contribution in [-0.4, -0.2) is 34.9 Å². The van der Waals surface area contributed by atoms with Gasteiger partial charge < -0.3 is 10.0 Å². The van der Waals surface area contributed by atoms with Crippen LogP contribution in [0.5, 0.6) is 0 Å². The van der Waals surface area contributed by atoms with Gasteiger partial charge in [0.1, 0.15) is 0 Å². The Morgan fingerprint density at radius 3 is 3.06 bits per heavy atom. The van der Waals surface area contributed by atoms with E-state index in [1.165, 1.54) is 10.5 Å². The highest BCUT2D eigenvalue weighted by atomic mass is 16.4. The number of hydrogen-bond acceptors (Lipinski definition) is 2. The van der Waals surface area contributed by atoms with Crippen LogP contribution in [0.4, 0.5) is 10.5 Å². The summed E-state index contributed by atoms with van der Waals surface area (Å²) in [6.45, 7) is 1.06. The lowest BCUT2D eigenvalue weighted by Gasteiger charge is -2.28. The fraction of sp³-hybridized carbons (Fsp3) is 0.333. The van der Waals surface area contributed by atoms with Crippen LogP contribution in [0.1, 0.15) is 17.9 Å². The fourth-order valence-corrected chi connectivity index (χ4v) is 2.49. The van der Waals surface area contributed by atoms with Gasteiger partial charge in [-0.1, -0.05) is 18.2 Å². The van der Waals surface area contributed by atoms with Gasteiger partial charge in [-0.15, -0.1) is 0 Å². The van der Waals surface area contributed by atoms with E-state index < -0.39 is 6.09 Å². The molecule has 2 aliphatic rings. The van der Waals surface area contributed by atoms with E-state index in [4.69, 9.17) is 5.11 Å². The normalized spacial score (nSPS) is 22.4. The molecule has 2 heterocycles. The molecule has 4 nitrogen and oxygen atoms in total. The number of likely N-dealkylation sites (tertiary alicyclic amines) is 1. The standard InChI is InChI=1S/C12H12N2O2/c15-12(16)14-6-5-9-8-3-1-2-4-10(8)13-11(9)7-14/h1-4,9H,5-7H2,(H,15,16). The van der Waals surface area contributed by atoms with Gasteiger partial charge in [-0.2, -0.15) is 0 Å². The third-order valence-corrected chi connectivity index (χ3v) is 3.29. The van der Waals surface area contributed by atoms with Crippen molar-refractivity contribution in [3.05, 3.63) is 29.8 Å². The third-order valence-electron chi connectivity index (χ3n) is 3.29. The van der Waals surface area contributed by atoms with Gasteiger partial charge in [0, 0.05) is 18.2 Å². The van der Waals surface area contributed by atoms with Gasteiger partial charge in [-0.05, 0) is 18.1 Å². The number of para-hydroxylation sites is 1. The van der Waals surface area contributed by atoms with E-state index in [2.05, 4.69) is 11.1 Å². The van der Waals surface area contributed by atoms with E-state index in [1.54, 1.807) is 0 Å². The summed E-state index contributed by atoms with van der Waals surface area (Å²) >= 11 is 0. The van der Waals surface area contributed by atoms with E-state index in [9.17, 15) is 4.79 Å². The van der Waals surface area contributed by atoms with Gasteiger partial charge >= 0.3 is 6.09 Å². The molecule has 3 rings (SSSR count). The number of carbonyl (C=O) groups is 1. The maximum Gasteiger partial charge on any atom is 0.407 e. The molecular weight excluding hydrogens is 204 g/mol.